The summed E-state index contributed by atoms with van der Waals surface area (Å²) in [4.78, 5) is 14.8. The fourth-order valence-electron chi connectivity index (χ4n) is 2.08. The van der Waals surface area contributed by atoms with Crippen molar-refractivity contribution in [3.05, 3.63) is 34.2 Å². The summed E-state index contributed by atoms with van der Waals surface area (Å²) in [6, 6.07) is 8.27. The number of carbonyl (C=O) groups excluding carboxylic acids is 1. The fourth-order valence-corrected chi connectivity index (χ4v) is 3.65. The van der Waals surface area contributed by atoms with Gasteiger partial charge in [-0.15, -0.1) is 11.3 Å². The molecule has 20 heavy (non-hydrogen) atoms. The maximum absolute atomic E-state index is 11.7. The highest BCUT2D eigenvalue weighted by Crippen LogP contribution is 2.35. The zero-order valence-electron chi connectivity index (χ0n) is 11.9. The van der Waals surface area contributed by atoms with Crippen molar-refractivity contribution in [1.82, 2.24) is 10.2 Å². The van der Waals surface area contributed by atoms with Crippen molar-refractivity contribution in [2.75, 3.05) is 13.6 Å². The van der Waals surface area contributed by atoms with Crippen LogP contribution in [0.1, 0.15) is 18.7 Å². The largest absolute Gasteiger partial charge is 0.353 e. The average molecular weight is 311 g/mol. The number of likely N-dealkylation sites (N-methyl/N-ethyl adjacent to an activating group) is 1. The molecular weight excluding hydrogens is 292 g/mol. The molecule has 5 heteroatoms. The van der Waals surface area contributed by atoms with Crippen LogP contribution in [0.5, 0.6) is 0 Å². The summed E-state index contributed by atoms with van der Waals surface area (Å²) >= 11 is 8.09. The quantitative estimate of drug-likeness (QED) is 0.916. The summed E-state index contributed by atoms with van der Waals surface area (Å²) in [5.41, 5.74) is 0. The van der Waals surface area contributed by atoms with Gasteiger partial charge < -0.3 is 5.32 Å². The number of halogens is 1. The summed E-state index contributed by atoms with van der Waals surface area (Å²) < 4.78 is 1.19. The minimum Gasteiger partial charge on any atom is -0.353 e. The molecule has 108 valence electrons. The first-order chi connectivity index (χ1) is 9.47. The second-order valence-electron chi connectivity index (χ2n) is 5.23. The molecular formula is C15H19ClN2OS. The van der Waals surface area contributed by atoms with Gasteiger partial charge in [-0.2, -0.15) is 0 Å². The minimum absolute atomic E-state index is 0.0414. The number of rotatable bonds is 5. The van der Waals surface area contributed by atoms with Crippen molar-refractivity contribution in [2.24, 2.45) is 0 Å². The van der Waals surface area contributed by atoms with E-state index in [9.17, 15) is 4.79 Å². The SMILES string of the molecule is CC(C)NC(=O)CN(C)Cc1sc2ccccc2c1Cl. The number of nitrogens with zero attached hydrogens (tertiary/aromatic N) is 1. The van der Waals surface area contributed by atoms with Crippen LogP contribution in [0, 0.1) is 0 Å². The molecule has 0 saturated carbocycles. The van der Waals surface area contributed by atoms with Gasteiger partial charge in [-0.25, -0.2) is 0 Å². The standard InChI is InChI=1S/C15H19ClN2OS/c1-10(2)17-14(19)9-18(3)8-13-15(16)11-6-4-5-7-12(11)20-13/h4-7,10H,8-9H2,1-3H3,(H,17,19). The normalized spacial score (nSPS) is 11.5. The third-order valence-corrected chi connectivity index (χ3v) is 4.58. The molecule has 1 heterocycles. The van der Waals surface area contributed by atoms with E-state index in [0.717, 1.165) is 15.3 Å². The number of carbonyl (C=O) groups is 1. The first-order valence-electron chi connectivity index (χ1n) is 6.61. The smallest absolute Gasteiger partial charge is 0.234 e. The molecule has 0 aliphatic carbocycles. The van der Waals surface area contributed by atoms with Gasteiger partial charge in [0.25, 0.3) is 0 Å². The van der Waals surface area contributed by atoms with Crippen molar-refractivity contribution in [3.63, 3.8) is 0 Å². The molecule has 0 saturated heterocycles. The van der Waals surface area contributed by atoms with Crippen LogP contribution in [0.15, 0.2) is 24.3 Å². The maximum atomic E-state index is 11.7. The number of fused-ring (bicyclic) bond motifs is 1. The molecule has 3 nitrogen and oxygen atoms in total. The van der Waals surface area contributed by atoms with Crippen LogP contribution >= 0.6 is 22.9 Å². The van der Waals surface area contributed by atoms with Gasteiger partial charge in [-0.1, -0.05) is 29.8 Å². The van der Waals surface area contributed by atoms with Crippen molar-refractivity contribution >= 4 is 38.9 Å². The molecule has 1 aromatic heterocycles. The van der Waals surface area contributed by atoms with Crippen molar-refractivity contribution in [1.29, 1.82) is 0 Å². The molecule has 0 aliphatic rings. The Morgan fingerprint density at radius 1 is 1.40 bits per heavy atom. The lowest BCUT2D eigenvalue weighted by Gasteiger charge is -2.16. The molecule has 1 amide bonds. The first-order valence-corrected chi connectivity index (χ1v) is 7.80. The summed E-state index contributed by atoms with van der Waals surface area (Å²) in [5.74, 6) is 0.0414. The lowest BCUT2D eigenvalue weighted by molar-refractivity contribution is -0.122. The first kappa shape index (κ1) is 15.3. The lowest BCUT2D eigenvalue weighted by atomic mass is 10.2. The van der Waals surface area contributed by atoms with Gasteiger partial charge in [0.15, 0.2) is 0 Å². The van der Waals surface area contributed by atoms with E-state index in [2.05, 4.69) is 11.4 Å². The number of benzene rings is 1. The van der Waals surface area contributed by atoms with E-state index < -0.39 is 0 Å². The van der Waals surface area contributed by atoms with E-state index in [0.29, 0.717) is 13.1 Å². The maximum Gasteiger partial charge on any atom is 0.234 e. The Morgan fingerprint density at radius 3 is 2.75 bits per heavy atom. The minimum atomic E-state index is 0.0414. The molecule has 1 N–H and O–H groups in total. The van der Waals surface area contributed by atoms with E-state index in [1.807, 2.05) is 44.0 Å². The van der Waals surface area contributed by atoms with E-state index in [1.54, 1.807) is 11.3 Å². The van der Waals surface area contributed by atoms with Gasteiger partial charge in [-0.05, 0) is 27.0 Å². The van der Waals surface area contributed by atoms with Crippen molar-refractivity contribution in [3.8, 4) is 0 Å². The molecule has 0 unspecified atom stereocenters. The van der Waals surface area contributed by atoms with Gasteiger partial charge in [0.2, 0.25) is 5.91 Å². The summed E-state index contributed by atoms with van der Waals surface area (Å²) in [6.45, 7) is 4.98. The van der Waals surface area contributed by atoms with E-state index in [1.165, 1.54) is 4.70 Å². The molecule has 0 fully saturated rings. The molecule has 0 spiro atoms. The monoisotopic (exact) mass is 310 g/mol. The second-order valence-corrected chi connectivity index (χ2v) is 6.74. The Hall–Kier alpha value is -1.10. The van der Waals surface area contributed by atoms with E-state index in [4.69, 9.17) is 11.6 Å². The highest BCUT2D eigenvalue weighted by atomic mass is 35.5. The Labute approximate surface area is 128 Å². The third-order valence-electron chi connectivity index (χ3n) is 2.88. The van der Waals surface area contributed by atoms with Crippen LogP contribution in [-0.2, 0) is 11.3 Å². The number of hydrogen-bond donors (Lipinski definition) is 1. The molecule has 0 radical (unpaired) electrons. The zero-order chi connectivity index (χ0) is 14.7. The Balaban J connectivity index is 2.04. The number of nitrogens with one attached hydrogen (secondary N) is 1. The van der Waals surface area contributed by atoms with Crippen LogP contribution in [0.4, 0.5) is 0 Å². The Bertz CT molecular complexity index is 609. The molecule has 0 bridgehead atoms. The van der Waals surface area contributed by atoms with Gasteiger partial charge in [-0.3, -0.25) is 9.69 Å². The zero-order valence-corrected chi connectivity index (χ0v) is 13.5. The van der Waals surface area contributed by atoms with Gasteiger partial charge in [0.1, 0.15) is 0 Å². The van der Waals surface area contributed by atoms with Crippen LogP contribution < -0.4 is 5.32 Å². The molecule has 1 aromatic carbocycles. The van der Waals surface area contributed by atoms with Crippen LogP contribution in [0.3, 0.4) is 0 Å². The predicted octanol–water partition coefficient (Wildman–Crippen LogP) is 3.51. The van der Waals surface area contributed by atoms with Gasteiger partial charge >= 0.3 is 0 Å². The number of amides is 1. The van der Waals surface area contributed by atoms with Crippen molar-refractivity contribution < 1.29 is 4.79 Å². The Kier molecular flexibility index (Phi) is 5.02. The molecule has 0 aliphatic heterocycles. The van der Waals surface area contributed by atoms with Crippen molar-refractivity contribution in [2.45, 2.75) is 26.4 Å². The van der Waals surface area contributed by atoms with E-state index in [-0.39, 0.29) is 11.9 Å². The molecule has 2 rings (SSSR count). The highest BCUT2D eigenvalue weighted by molar-refractivity contribution is 7.19. The molecule has 0 atom stereocenters. The predicted molar refractivity (Wildman–Crippen MR) is 86.4 cm³/mol. The lowest BCUT2D eigenvalue weighted by Crippen LogP contribution is -2.38. The van der Waals surface area contributed by atoms with Crippen LogP contribution in [0.25, 0.3) is 10.1 Å². The number of thiophene rings is 1. The molecule has 2 aromatic rings. The van der Waals surface area contributed by atoms with Crippen LogP contribution in [-0.4, -0.2) is 30.4 Å². The Morgan fingerprint density at radius 2 is 2.10 bits per heavy atom. The van der Waals surface area contributed by atoms with E-state index >= 15 is 0 Å². The van der Waals surface area contributed by atoms with Gasteiger partial charge in [0.05, 0.1) is 11.6 Å². The topological polar surface area (TPSA) is 32.3 Å². The van der Waals surface area contributed by atoms with Gasteiger partial charge in [0, 0.05) is 27.5 Å². The average Bonchev–Trinajstić information content (AvgIpc) is 2.65. The highest BCUT2D eigenvalue weighted by Gasteiger charge is 2.13. The second kappa shape index (κ2) is 6.57. The third kappa shape index (κ3) is 3.72. The fraction of sp³-hybridized carbons (Fsp3) is 0.400. The summed E-state index contributed by atoms with van der Waals surface area (Å²) in [6.07, 6.45) is 0. The summed E-state index contributed by atoms with van der Waals surface area (Å²) in [5, 5.41) is 4.79. The van der Waals surface area contributed by atoms with Crippen LogP contribution in [0.2, 0.25) is 5.02 Å². The summed E-state index contributed by atoms with van der Waals surface area (Å²) in [7, 11) is 1.93. The number of hydrogen-bond acceptors (Lipinski definition) is 3.